The topological polar surface area (TPSA) is 0 Å². The molecule has 0 amide bonds. The maximum Gasteiger partial charge on any atom is 1.00 e. The van der Waals surface area contributed by atoms with E-state index in [1.54, 1.807) is 0 Å². The number of alkyl halides is 6. The summed E-state index contributed by atoms with van der Waals surface area (Å²) >= 11 is 35.3. The van der Waals surface area contributed by atoms with E-state index in [0.717, 1.165) is 0 Å². The van der Waals surface area contributed by atoms with Crippen molar-refractivity contribution < 1.29 is 52.8 Å². The second-order valence-electron chi connectivity index (χ2n) is 2.67. The van der Waals surface area contributed by atoms with Gasteiger partial charge in [0.1, 0.15) is 0 Å². The summed E-state index contributed by atoms with van der Waals surface area (Å²) in [5, 5.41) is -2.62. The van der Waals surface area contributed by atoms with E-state index in [9.17, 15) is 0 Å². The van der Waals surface area contributed by atoms with Gasteiger partial charge in [0.25, 0.3) is 0 Å². The Morgan fingerprint density at radius 2 is 0.538 bits per heavy atom. The van der Waals surface area contributed by atoms with Gasteiger partial charge in [-0.2, -0.15) is 0 Å². The van der Waals surface area contributed by atoms with Gasteiger partial charge < -0.3 is 1.43 Å². The van der Waals surface area contributed by atoms with Crippen LogP contribution in [-0.2, 0) is 0 Å². The summed E-state index contributed by atoms with van der Waals surface area (Å²) in [6.45, 7) is 0. The summed E-state index contributed by atoms with van der Waals surface area (Å²) in [6.07, 6.45) is 0. The first-order valence-corrected chi connectivity index (χ1v) is 5.93. The summed E-state index contributed by atoms with van der Waals surface area (Å²) in [5.74, 6) is 0. The first kappa shape index (κ1) is 16.4. The van der Waals surface area contributed by atoms with Gasteiger partial charge in [0.15, 0.2) is 0 Å². The molecule has 0 radical (unpaired) electrons. The van der Waals surface area contributed by atoms with Crippen LogP contribution in [0.2, 0.25) is 0 Å². The molecule has 74 valence electrons. The minimum atomic E-state index is -0.437. The average Bonchev–Trinajstić information content (AvgIpc) is 2.08. The smallest absolute Gasteiger partial charge is 1.00 e. The molecule has 0 nitrogen and oxygen atoms in total. The van der Waals surface area contributed by atoms with Crippen LogP contribution < -0.4 is 51.4 Å². The zero-order valence-electron chi connectivity index (χ0n) is 7.73. The summed E-state index contributed by atoms with van der Waals surface area (Å²) in [7, 11) is 0. The van der Waals surface area contributed by atoms with E-state index in [4.69, 9.17) is 69.6 Å². The molecule has 0 atom stereocenters. The normalized spacial score (nSPS) is 51.2. The fraction of sp³-hybridized carbons (Fsp3) is 1.00. The number of hydrogen-bond donors (Lipinski definition) is 0. The van der Waals surface area contributed by atoms with Crippen molar-refractivity contribution >= 4 is 69.6 Å². The van der Waals surface area contributed by atoms with Crippen molar-refractivity contribution in [2.75, 3.05) is 0 Å². The zero-order chi connectivity index (χ0) is 9.46. The second kappa shape index (κ2) is 6.95. The molecule has 0 heterocycles. The summed E-state index contributed by atoms with van der Waals surface area (Å²) in [5.41, 5.74) is 0. The Morgan fingerprint density at radius 3 is 0.615 bits per heavy atom. The van der Waals surface area contributed by atoms with Crippen LogP contribution in [0.25, 0.3) is 0 Å². The van der Waals surface area contributed by atoms with Crippen LogP contribution in [0.5, 0.6) is 0 Å². The molecule has 1 saturated carbocycles. The Balaban J connectivity index is 0. The third-order valence-electron chi connectivity index (χ3n) is 1.83. The third-order valence-corrected chi connectivity index (χ3v) is 5.86. The Labute approximate surface area is 152 Å². The molecule has 0 aromatic rings. The molecule has 0 saturated heterocycles. The van der Waals surface area contributed by atoms with Crippen LogP contribution in [0.3, 0.4) is 0 Å². The van der Waals surface area contributed by atoms with E-state index in [0.29, 0.717) is 0 Å². The minimum Gasteiger partial charge on any atom is -1.00 e. The molecule has 1 fully saturated rings. The molecule has 1 rings (SSSR count). The molecule has 1 aliphatic carbocycles. The number of rotatable bonds is 0. The first-order chi connectivity index (χ1) is 5.46. The van der Waals surface area contributed by atoms with Crippen molar-refractivity contribution in [3.63, 3.8) is 0 Å². The van der Waals surface area contributed by atoms with Crippen LogP contribution in [0.4, 0.5) is 0 Å². The number of hydrogen-bond acceptors (Lipinski definition) is 0. The van der Waals surface area contributed by atoms with Gasteiger partial charge in [0, 0.05) is 0 Å². The van der Waals surface area contributed by atoms with Crippen molar-refractivity contribution in [2.24, 2.45) is 0 Å². The van der Waals surface area contributed by atoms with Crippen molar-refractivity contribution in [1.82, 2.24) is 0 Å². The SMILES string of the molecule is ClC1C(Cl)C(Cl)C(Cl)C(Cl)C1Cl.[H-].[K+]. The van der Waals surface area contributed by atoms with Gasteiger partial charge in [-0.15, -0.1) is 69.6 Å². The summed E-state index contributed by atoms with van der Waals surface area (Å²) in [6, 6.07) is 0. The molecule has 0 bridgehead atoms. The van der Waals surface area contributed by atoms with E-state index in [-0.39, 0.29) is 52.8 Å². The van der Waals surface area contributed by atoms with Gasteiger partial charge in [0.05, 0.1) is 32.3 Å². The molecular weight excluding hydrogens is 324 g/mol. The molecule has 7 heteroatoms. The van der Waals surface area contributed by atoms with Crippen molar-refractivity contribution in [3.05, 3.63) is 0 Å². The molecule has 0 spiro atoms. The molecule has 1 aliphatic rings. The number of halogens is 6. The van der Waals surface area contributed by atoms with Crippen LogP contribution in [0.1, 0.15) is 1.43 Å². The quantitative estimate of drug-likeness (QED) is 0.454. The van der Waals surface area contributed by atoms with Crippen LogP contribution in [0.15, 0.2) is 0 Å². The van der Waals surface area contributed by atoms with E-state index >= 15 is 0 Å². The van der Waals surface area contributed by atoms with E-state index in [1.807, 2.05) is 0 Å². The van der Waals surface area contributed by atoms with Gasteiger partial charge in [-0.05, 0) is 0 Å². The fourth-order valence-electron chi connectivity index (χ4n) is 1.05. The third kappa shape index (κ3) is 3.67. The molecule has 0 aromatic heterocycles. The molecular formula is C6H7Cl6K. The first-order valence-electron chi connectivity index (χ1n) is 3.31. The molecule has 0 unspecified atom stereocenters. The summed E-state index contributed by atoms with van der Waals surface area (Å²) in [4.78, 5) is 0. The van der Waals surface area contributed by atoms with Gasteiger partial charge >= 0.3 is 51.4 Å². The Bertz CT molecular complexity index is 114. The Morgan fingerprint density at radius 1 is 0.462 bits per heavy atom. The van der Waals surface area contributed by atoms with Gasteiger partial charge in [-0.1, -0.05) is 0 Å². The zero-order valence-corrected chi connectivity index (χ0v) is 14.4. The molecule has 13 heavy (non-hydrogen) atoms. The maximum absolute atomic E-state index is 5.88. The molecule has 0 N–H and O–H groups in total. The largest absolute Gasteiger partial charge is 1.00 e. The Kier molecular flexibility index (Phi) is 8.76. The van der Waals surface area contributed by atoms with Gasteiger partial charge in [-0.25, -0.2) is 0 Å². The van der Waals surface area contributed by atoms with Gasteiger partial charge in [-0.3, -0.25) is 0 Å². The maximum atomic E-state index is 5.88. The van der Waals surface area contributed by atoms with E-state index < -0.39 is 32.3 Å². The predicted octanol–water partition coefficient (Wildman–Crippen LogP) is 0.761. The van der Waals surface area contributed by atoms with Crippen LogP contribution >= 0.6 is 69.6 Å². The Hall–Kier alpha value is 3.38. The average molecular weight is 331 g/mol. The van der Waals surface area contributed by atoms with Gasteiger partial charge in [0.2, 0.25) is 0 Å². The monoisotopic (exact) mass is 328 g/mol. The van der Waals surface area contributed by atoms with Crippen LogP contribution in [-0.4, -0.2) is 32.3 Å². The molecule has 0 aromatic carbocycles. The standard InChI is InChI=1S/C6H6Cl6.K.H/c7-1-2(8)4(10)6(12)5(11)3(1)9;;/h1-6H;;/q;+1;-1. The fourth-order valence-corrected chi connectivity index (χ4v) is 3.38. The minimum absolute atomic E-state index is 0. The van der Waals surface area contributed by atoms with Crippen molar-refractivity contribution in [3.8, 4) is 0 Å². The summed E-state index contributed by atoms with van der Waals surface area (Å²) < 4.78 is 0. The van der Waals surface area contributed by atoms with E-state index in [1.165, 1.54) is 0 Å². The second-order valence-corrected chi connectivity index (χ2v) is 5.69. The van der Waals surface area contributed by atoms with Crippen LogP contribution in [0, 0.1) is 0 Å². The predicted molar refractivity (Wildman–Crippen MR) is 59.0 cm³/mol. The van der Waals surface area contributed by atoms with Crippen molar-refractivity contribution in [1.29, 1.82) is 0 Å². The van der Waals surface area contributed by atoms with Crippen molar-refractivity contribution in [2.45, 2.75) is 32.3 Å². The van der Waals surface area contributed by atoms with E-state index in [2.05, 4.69) is 0 Å². The molecule has 0 aliphatic heterocycles.